The number of imidazole rings is 1. The van der Waals surface area contributed by atoms with E-state index < -0.39 is 6.04 Å². The predicted octanol–water partition coefficient (Wildman–Crippen LogP) is 1.89. The third-order valence-corrected chi connectivity index (χ3v) is 3.65. The van der Waals surface area contributed by atoms with E-state index in [9.17, 15) is 4.79 Å². The summed E-state index contributed by atoms with van der Waals surface area (Å²) in [7, 11) is 0. The molecule has 0 fully saturated rings. The molecule has 6 heteroatoms. The van der Waals surface area contributed by atoms with Gasteiger partial charge in [-0.1, -0.05) is 20.3 Å². The number of nitrogens with zero attached hydrogens (tertiary/aromatic N) is 3. The van der Waals surface area contributed by atoms with Gasteiger partial charge in [0.2, 0.25) is 5.91 Å². The highest BCUT2D eigenvalue weighted by atomic mass is 16.2. The second kappa shape index (κ2) is 6.49. The lowest BCUT2D eigenvalue weighted by Crippen LogP contribution is -2.40. The van der Waals surface area contributed by atoms with Crippen LogP contribution in [-0.2, 0) is 4.79 Å². The smallest absolute Gasteiger partial charge is 0.241 e. The van der Waals surface area contributed by atoms with E-state index in [0.29, 0.717) is 5.69 Å². The van der Waals surface area contributed by atoms with E-state index in [1.54, 1.807) is 12.4 Å². The van der Waals surface area contributed by atoms with Gasteiger partial charge in [-0.05, 0) is 25.0 Å². The molecule has 2 unspecified atom stereocenters. The van der Waals surface area contributed by atoms with Crippen molar-refractivity contribution in [1.82, 2.24) is 14.5 Å². The first kappa shape index (κ1) is 15.2. The number of pyridine rings is 1. The van der Waals surface area contributed by atoms with Crippen molar-refractivity contribution in [1.29, 1.82) is 0 Å². The monoisotopic (exact) mass is 287 g/mol. The Morgan fingerprint density at radius 2 is 2.19 bits per heavy atom. The molecule has 2 atom stereocenters. The van der Waals surface area contributed by atoms with Crippen LogP contribution >= 0.6 is 0 Å². The van der Waals surface area contributed by atoms with Gasteiger partial charge in [0.25, 0.3) is 0 Å². The number of hydrogen-bond donors (Lipinski definition) is 2. The summed E-state index contributed by atoms with van der Waals surface area (Å²) in [6, 6.07) is 3.13. The van der Waals surface area contributed by atoms with Crippen LogP contribution in [0, 0.1) is 12.8 Å². The number of anilines is 1. The second-order valence-electron chi connectivity index (χ2n) is 5.15. The zero-order valence-electron chi connectivity index (χ0n) is 12.6. The fraction of sp³-hybridized carbons (Fsp3) is 0.400. The Morgan fingerprint density at radius 1 is 1.43 bits per heavy atom. The topological polar surface area (TPSA) is 85.8 Å². The van der Waals surface area contributed by atoms with E-state index in [4.69, 9.17) is 5.73 Å². The van der Waals surface area contributed by atoms with Gasteiger partial charge in [0.15, 0.2) is 0 Å². The normalized spacial score (nSPS) is 13.7. The van der Waals surface area contributed by atoms with Crippen LogP contribution in [-0.4, -0.2) is 26.5 Å². The molecule has 2 aromatic heterocycles. The number of hydrogen-bond acceptors (Lipinski definition) is 4. The molecular formula is C15H21N5O. The van der Waals surface area contributed by atoms with Gasteiger partial charge in [0, 0.05) is 12.4 Å². The Kier molecular flexibility index (Phi) is 4.70. The van der Waals surface area contributed by atoms with Gasteiger partial charge in [0.05, 0.1) is 17.9 Å². The van der Waals surface area contributed by atoms with Gasteiger partial charge in [-0.25, -0.2) is 9.97 Å². The van der Waals surface area contributed by atoms with Crippen molar-refractivity contribution in [3.05, 3.63) is 36.5 Å². The number of carbonyl (C=O) groups is 1. The first-order valence-corrected chi connectivity index (χ1v) is 7.05. The van der Waals surface area contributed by atoms with Gasteiger partial charge in [-0.15, -0.1) is 0 Å². The number of rotatable bonds is 5. The van der Waals surface area contributed by atoms with E-state index in [2.05, 4.69) is 15.3 Å². The molecule has 0 aromatic carbocycles. The number of nitrogens with two attached hydrogens (primary N) is 1. The molecule has 3 N–H and O–H groups in total. The quantitative estimate of drug-likeness (QED) is 0.879. The van der Waals surface area contributed by atoms with E-state index in [-0.39, 0.29) is 11.8 Å². The van der Waals surface area contributed by atoms with Crippen molar-refractivity contribution < 1.29 is 4.79 Å². The Balaban J connectivity index is 2.06. The predicted molar refractivity (Wildman–Crippen MR) is 82.2 cm³/mol. The van der Waals surface area contributed by atoms with Crippen LogP contribution in [0.5, 0.6) is 0 Å². The molecule has 6 nitrogen and oxygen atoms in total. The van der Waals surface area contributed by atoms with E-state index in [0.717, 1.165) is 18.1 Å². The minimum atomic E-state index is -0.509. The van der Waals surface area contributed by atoms with Crippen molar-refractivity contribution in [2.24, 2.45) is 11.7 Å². The average Bonchev–Trinajstić information content (AvgIpc) is 2.92. The van der Waals surface area contributed by atoms with Crippen molar-refractivity contribution in [3.8, 4) is 5.82 Å². The number of carbonyl (C=O) groups excluding carboxylic acids is 1. The third kappa shape index (κ3) is 3.46. The molecule has 2 heterocycles. The molecule has 0 aliphatic rings. The molecule has 2 rings (SSSR count). The van der Waals surface area contributed by atoms with Crippen LogP contribution in [0.1, 0.15) is 26.1 Å². The first-order valence-electron chi connectivity index (χ1n) is 7.05. The SMILES string of the molecule is CCC(C)C(N)C(=O)Nc1ccc(-n2ccnc2C)nc1. The van der Waals surface area contributed by atoms with Gasteiger partial charge < -0.3 is 11.1 Å². The summed E-state index contributed by atoms with van der Waals surface area (Å²) in [6.45, 7) is 5.89. The summed E-state index contributed by atoms with van der Waals surface area (Å²) in [5.74, 6) is 1.58. The van der Waals surface area contributed by atoms with Gasteiger partial charge in [-0.2, -0.15) is 0 Å². The molecule has 0 saturated heterocycles. The maximum Gasteiger partial charge on any atom is 0.241 e. The molecule has 1 amide bonds. The minimum absolute atomic E-state index is 0.144. The van der Waals surface area contributed by atoms with E-state index in [1.807, 2.05) is 43.7 Å². The highest BCUT2D eigenvalue weighted by molar-refractivity contribution is 5.94. The Bertz CT molecular complexity index is 605. The zero-order valence-corrected chi connectivity index (χ0v) is 12.6. The Morgan fingerprint density at radius 3 is 2.71 bits per heavy atom. The Hall–Kier alpha value is -2.21. The summed E-state index contributed by atoms with van der Waals surface area (Å²) in [6.07, 6.45) is 6.05. The molecule has 0 saturated carbocycles. The lowest BCUT2D eigenvalue weighted by Gasteiger charge is -2.17. The van der Waals surface area contributed by atoms with Crippen molar-refractivity contribution in [2.75, 3.05) is 5.32 Å². The number of amides is 1. The third-order valence-electron chi connectivity index (χ3n) is 3.65. The lowest BCUT2D eigenvalue weighted by molar-refractivity contribution is -0.118. The summed E-state index contributed by atoms with van der Waals surface area (Å²) in [5.41, 5.74) is 6.54. The molecule has 0 bridgehead atoms. The average molecular weight is 287 g/mol. The van der Waals surface area contributed by atoms with Crippen molar-refractivity contribution in [3.63, 3.8) is 0 Å². The molecule has 0 aliphatic carbocycles. The molecular weight excluding hydrogens is 266 g/mol. The van der Waals surface area contributed by atoms with E-state index >= 15 is 0 Å². The van der Waals surface area contributed by atoms with Crippen LogP contribution in [0.2, 0.25) is 0 Å². The molecule has 112 valence electrons. The minimum Gasteiger partial charge on any atom is -0.323 e. The fourth-order valence-corrected chi connectivity index (χ4v) is 1.96. The highest BCUT2D eigenvalue weighted by Gasteiger charge is 2.19. The maximum atomic E-state index is 12.0. The molecule has 0 radical (unpaired) electrons. The molecule has 2 aromatic rings. The van der Waals surface area contributed by atoms with Gasteiger partial charge in [0.1, 0.15) is 11.6 Å². The summed E-state index contributed by atoms with van der Waals surface area (Å²) >= 11 is 0. The van der Waals surface area contributed by atoms with Gasteiger partial charge >= 0.3 is 0 Å². The highest BCUT2D eigenvalue weighted by Crippen LogP contribution is 2.13. The largest absolute Gasteiger partial charge is 0.323 e. The summed E-state index contributed by atoms with van der Waals surface area (Å²) in [5, 5.41) is 2.79. The molecule has 0 spiro atoms. The van der Waals surface area contributed by atoms with Crippen LogP contribution in [0.15, 0.2) is 30.7 Å². The summed E-state index contributed by atoms with van der Waals surface area (Å²) < 4.78 is 1.87. The molecule has 0 aliphatic heterocycles. The zero-order chi connectivity index (χ0) is 15.4. The summed E-state index contributed by atoms with van der Waals surface area (Å²) in [4.78, 5) is 20.5. The first-order chi connectivity index (χ1) is 10.0. The molecule has 21 heavy (non-hydrogen) atoms. The number of aryl methyl sites for hydroxylation is 1. The van der Waals surface area contributed by atoms with Crippen LogP contribution in [0.3, 0.4) is 0 Å². The number of aromatic nitrogens is 3. The standard InChI is InChI=1S/C15H21N5O/c1-4-10(2)14(16)15(21)19-12-5-6-13(18-9-12)20-8-7-17-11(20)3/h5-10,14H,4,16H2,1-3H3,(H,19,21). The van der Waals surface area contributed by atoms with Crippen LogP contribution < -0.4 is 11.1 Å². The van der Waals surface area contributed by atoms with Gasteiger partial charge in [-0.3, -0.25) is 9.36 Å². The lowest BCUT2D eigenvalue weighted by atomic mass is 9.99. The van der Waals surface area contributed by atoms with E-state index in [1.165, 1.54) is 0 Å². The van der Waals surface area contributed by atoms with Crippen LogP contribution in [0.25, 0.3) is 5.82 Å². The second-order valence-corrected chi connectivity index (χ2v) is 5.15. The van der Waals surface area contributed by atoms with Crippen molar-refractivity contribution >= 4 is 11.6 Å². The maximum absolute atomic E-state index is 12.0. The van der Waals surface area contributed by atoms with Crippen molar-refractivity contribution in [2.45, 2.75) is 33.2 Å². The fourth-order valence-electron chi connectivity index (χ4n) is 1.96. The number of nitrogens with one attached hydrogen (secondary N) is 1. The van der Waals surface area contributed by atoms with Crippen LogP contribution in [0.4, 0.5) is 5.69 Å². The Labute approximate surface area is 124 Å².